The Morgan fingerprint density at radius 1 is 1.17 bits per heavy atom. The maximum atomic E-state index is 12.2. The summed E-state index contributed by atoms with van der Waals surface area (Å²) in [5.41, 5.74) is 3.27. The summed E-state index contributed by atoms with van der Waals surface area (Å²) >= 11 is 0. The summed E-state index contributed by atoms with van der Waals surface area (Å²) in [5.74, 6) is 3.95. The van der Waals surface area contributed by atoms with Crippen molar-refractivity contribution in [1.29, 1.82) is 0 Å². The fraction of sp³-hybridized carbons (Fsp3) is 0.692. The van der Waals surface area contributed by atoms with Crippen molar-refractivity contribution in [3.63, 3.8) is 0 Å². The van der Waals surface area contributed by atoms with Gasteiger partial charge in [-0.2, -0.15) is 0 Å². The molecule has 0 bridgehead atoms. The molecular formula is C26H36N2O2. The van der Waals surface area contributed by atoms with Gasteiger partial charge in [0.1, 0.15) is 5.75 Å². The fourth-order valence-corrected chi connectivity index (χ4v) is 7.85. The van der Waals surface area contributed by atoms with Crippen molar-refractivity contribution in [2.75, 3.05) is 13.2 Å². The summed E-state index contributed by atoms with van der Waals surface area (Å²) in [6.07, 6.45) is 14.5. The van der Waals surface area contributed by atoms with Crippen LogP contribution >= 0.6 is 0 Å². The van der Waals surface area contributed by atoms with Crippen LogP contribution < -0.4 is 10.1 Å². The highest BCUT2D eigenvalue weighted by Crippen LogP contribution is 2.66. The van der Waals surface area contributed by atoms with E-state index in [9.17, 15) is 4.79 Å². The monoisotopic (exact) mass is 408 g/mol. The lowest BCUT2D eigenvalue weighted by atomic mass is 9.46. The van der Waals surface area contributed by atoms with Gasteiger partial charge in [0.05, 0.1) is 12.8 Å². The first-order chi connectivity index (χ1) is 14.5. The third kappa shape index (κ3) is 3.01. The highest BCUT2D eigenvalue weighted by molar-refractivity contribution is 5.76. The van der Waals surface area contributed by atoms with Crippen LogP contribution in [0.15, 0.2) is 24.5 Å². The van der Waals surface area contributed by atoms with Gasteiger partial charge in [0.2, 0.25) is 5.91 Å². The van der Waals surface area contributed by atoms with Crippen molar-refractivity contribution in [2.45, 2.75) is 65.7 Å². The molecule has 0 unspecified atom stereocenters. The van der Waals surface area contributed by atoms with Gasteiger partial charge in [-0.15, -0.1) is 0 Å². The first-order valence-corrected chi connectivity index (χ1v) is 12.0. The number of rotatable bonds is 3. The summed E-state index contributed by atoms with van der Waals surface area (Å²) in [6, 6.07) is 2.18. The Bertz CT molecular complexity index is 864. The first kappa shape index (κ1) is 20.1. The Labute approximate surface area is 180 Å². The normalized spacial score (nSPS) is 40.4. The third-order valence-electron chi connectivity index (χ3n) is 9.40. The van der Waals surface area contributed by atoms with Crippen LogP contribution in [0.2, 0.25) is 0 Å². The maximum absolute atomic E-state index is 12.2. The van der Waals surface area contributed by atoms with E-state index in [1.54, 1.807) is 0 Å². The molecule has 30 heavy (non-hydrogen) atoms. The number of carbonyl (C=O) groups is 1. The molecule has 2 heterocycles. The number of pyridine rings is 1. The smallest absolute Gasteiger partial charge is 0.220 e. The van der Waals surface area contributed by atoms with Gasteiger partial charge in [0.25, 0.3) is 0 Å². The van der Waals surface area contributed by atoms with E-state index in [2.05, 4.69) is 36.3 Å². The Morgan fingerprint density at radius 3 is 2.87 bits per heavy atom. The van der Waals surface area contributed by atoms with Gasteiger partial charge in [-0.25, -0.2) is 0 Å². The molecule has 162 valence electrons. The summed E-state index contributed by atoms with van der Waals surface area (Å²) in [5, 5.41) is 3.15. The van der Waals surface area contributed by atoms with E-state index < -0.39 is 0 Å². The van der Waals surface area contributed by atoms with Crippen molar-refractivity contribution in [3.05, 3.63) is 30.1 Å². The van der Waals surface area contributed by atoms with E-state index in [1.807, 2.05) is 19.3 Å². The number of nitrogens with zero attached hydrogens (tertiary/aromatic N) is 1. The largest absolute Gasteiger partial charge is 0.492 e. The predicted molar refractivity (Wildman–Crippen MR) is 119 cm³/mol. The highest BCUT2D eigenvalue weighted by Gasteiger charge is 2.58. The number of ether oxygens (including phenoxy) is 1. The number of allylic oxidation sites excluding steroid dienone is 2. The Balaban J connectivity index is 1.42. The molecule has 4 nitrogen and oxygen atoms in total. The molecule has 0 spiro atoms. The number of amides is 1. The average molecular weight is 409 g/mol. The van der Waals surface area contributed by atoms with Crippen LogP contribution in [0.1, 0.15) is 71.3 Å². The van der Waals surface area contributed by atoms with Crippen LogP contribution in [0.25, 0.3) is 5.57 Å². The molecule has 4 aliphatic rings. The quantitative estimate of drug-likeness (QED) is 0.744. The molecule has 6 atom stereocenters. The van der Waals surface area contributed by atoms with Crippen LogP contribution in [-0.4, -0.2) is 24.0 Å². The average Bonchev–Trinajstić information content (AvgIpc) is 2.99. The molecule has 1 aliphatic heterocycles. The van der Waals surface area contributed by atoms with E-state index in [4.69, 9.17) is 4.74 Å². The topological polar surface area (TPSA) is 51.2 Å². The fourth-order valence-electron chi connectivity index (χ4n) is 7.85. The zero-order valence-corrected chi connectivity index (χ0v) is 18.7. The molecule has 1 N–H and O–H groups in total. The lowest BCUT2D eigenvalue weighted by Gasteiger charge is -2.58. The standard InChI is InChI=1S/C26H36N2O2/c1-4-30-19-13-17(15-27-16-19)21-7-8-22-20-6-5-18-14-24(29)28-12-11-25(18,2)23(20)9-10-26(21,22)3/h7,13,15-16,18,20,22-23H,4-6,8-12,14H2,1-3H3,(H,28,29)/t18-,20-,22-,23-,25-,26+/m0/s1. The summed E-state index contributed by atoms with van der Waals surface area (Å²) in [6.45, 7) is 8.57. The van der Waals surface area contributed by atoms with E-state index in [-0.39, 0.29) is 11.3 Å². The minimum absolute atomic E-state index is 0.232. The van der Waals surface area contributed by atoms with E-state index in [0.717, 1.165) is 37.0 Å². The van der Waals surface area contributed by atoms with Gasteiger partial charge in [-0.05, 0) is 97.2 Å². The van der Waals surface area contributed by atoms with Gasteiger partial charge in [0, 0.05) is 19.2 Å². The Kier molecular flexibility index (Phi) is 4.95. The van der Waals surface area contributed by atoms with E-state index in [1.165, 1.54) is 43.2 Å². The van der Waals surface area contributed by atoms with E-state index in [0.29, 0.717) is 23.9 Å². The molecule has 2 saturated carbocycles. The number of nitrogens with one attached hydrogen (secondary N) is 1. The maximum Gasteiger partial charge on any atom is 0.220 e. The minimum atomic E-state index is 0.232. The summed E-state index contributed by atoms with van der Waals surface area (Å²) < 4.78 is 5.73. The van der Waals surface area contributed by atoms with Crippen molar-refractivity contribution in [3.8, 4) is 5.75 Å². The molecule has 1 aromatic heterocycles. The number of aromatic nitrogens is 1. The molecule has 0 aromatic carbocycles. The second kappa shape index (κ2) is 7.39. The molecule has 4 heteroatoms. The molecule has 1 saturated heterocycles. The zero-order chi connectivity index (χ0) is 20.9. The predicted octanol–water partition coefficient (Wildman–Crippen LogP) is 5.24. The van der Waals surface area contributed by atoms with Crippen molar-refractivity contribution in [2.24, 2.45) is 34.5 Å². The molecule has 3 fully saturated rings. The first-order valence-electron chi connectivity index (χ1n) is 12.0. The second-order valence-electron chi connectivity index (χ2n) is 10.6. The Hall–Kier alpha value is -1.84. The molecule has 3 aliphatic carbocycles. The van der Waals surface area contributed by atoms with Gasteiger partial charge >= 0.3 is 0 Å². The van der Waals surface area contributed by atoms with E-state index >= 15 is 0 Å². The second-order valence-corrected chi connectivity index (χ2v) is 10.6. The zero-order valence-electron chi connectivity index (χ0n) is 18.7. The van der Waals surface area contributed by atoms with Crippen molar-refractivity contribution >= 4 is 11.5 Å². The molecule has 5 rings (SSSR count). The van der Waals surface area contributed by atoms with Gasteiger partial charge < -0.3 is 10.1 Å². The molecule has 0 radical (unpaired) electrons. The number of hydrogen-bond donors (Lipinski definition) is 1. The van der Waals surface area contributed by atoms with Crippen LogP contribution in [0.4, 0.5) is 0 Å². The summed E-state index contributed by atoms with van der Waals surface area (Å²) in [7, 11) is 0. The van der Waals surface area contributed by atoms with Crippen molar-refractivity contribution < 1.29 is 9.53 Å². The van der Waals surface area contributed by atoms with Crippen LogP contribution in [0, 0.1) is 34.5 Å². The number of hydrogen-bond acceptors (Lipinski definition) is 3. The lowest BCUT2D eigenvalue weighted by Crippen LogP contribution is -2.51. The summed E-state index contributed by atoms with van der Waals surface area (Å²) in [4.78, 5) is 16.7. The van der Waals surface area contributed by atoms with Gasteiger partial charge in [-0.3, -0.25) is 9.78 Å². The highest BCUT2D eigenvalue weighted by atomic mass is 16.5. The number of carbonyl (C=O) groups excluding carboxylic acids is 1. The molecule has 1 amide bonds. The minimum Gasteiger partial charge on any atom is -0.492 e. The molecule has 1 aromatic rings. The Morgan fingerprint density at radius 2 is 2.03 bits per heavy atom. The third-order valence-corrected chi connectivity index (χ3v) is 9.40. The SMILES string of the molecule is CCOc1cncc(C2=CC[C@H]3[C@@H]4CC[C@H]5CC(=O)NCC[C@]5(C)[C@H]4CC[C@]23C)c1. The van der Waals surface area contributed by atoms with Crippen LogP contribution in [-0.2, 0) is 4.79 Å². The van der Waals surface area contributed by atoms with Crippen molar-refractivity contribution in [1.82, 2.24) is 10.3 Å². The van der Waals surface area contributed by atoms with Gasteiger partial charge in [-0.1, -0.05) is 19.9 Å². The molecular weight excluding hydrogens is 372 g/mol. The van der Waals surface area contributed by atoms with Gasteiger partial charge in [0.15, 0.2) is 0 Å². The number of fused-ring (bicyclic) bond motifs is 5. The van der Waals surface area contributed by atoms with Crippen LogP contribution in [0.3, 0.4) is 0 Å². The van der Waals surface area contributed by atoms with Crippen LogP contribution in [0.5, 0.6) is 5.75 Å². The lowest BCUT2D eigenvalue weighted by molar-refractivity contribution is -0.124.